The predicted molar refractivity (Wildman–Crippen MR) is 89.8 cm³/mol. The van der Waals surface area contributed by atoms with E-state index in [2.05, 4.69) is 12.2 Å². The zero-order valence-corrected chi connectivity index (χ0v) is 13.3. The lowest BCUT2D eigenvalue weighted by Gasteiger charge is -2.17. The molecule has 2 rings (SSSR count). The molecule has 23 heavy (non-hydrogen) atoms. The molecule has 2 amide bonds. The molecule has 2 aromatic carbocycles. The maximum Gasteiger partial charge on any atom is 0.282 e. The summed E-state index contributed by atoms with van der Waals surface area (Å²) in [7, 11) is 0. The van der Waals surface area contributed by atoms with Crippen molar-refractivity contribution in [2.45, 2.75) is 25.9 Å². The summed E-state index contributed by atoms with van der Waals surface area (Å²) in [6.07, 6.45) is 0. The predicted octanol–water partition coefficient (Wildman–Crippen LogP) is 1.44. The first kappa shape index (κ1) is 16.7. The van der Waals surface area contributed by atoms with E-state index >= 15 is 0 Å². The monoisotopic (exact) mass is 312 g/mol. The van der Waals surface area contributed by atoms with Crippen LogP contribution in [0, 0.1) is 0 Å². The van der Waals surface area contributed by atoms with Gasteiger partial charge in [-0.05, 0) is 38.1 Å². The van der Waals surface area contributed by atoms with Gasteiger partial charge >= 0.3 is 0 Å². The van der Waals surface area contributed by atoms with Gasteiger partial charge in [0, 0.05) is 16.8 Å². The highest BCUT2D eigenvalue weighted by Crippen LogP contribution is 2.10. The largest absolute Gasteiger partial charge is 0.366 e. The molecule has 0 radical (unpaired) electrons. The zero-order valence-electron chi connectivity index (χ0n) is 13.3. The summed E-state index contributed by atoms with van der Waals surface area (Å²) in [5, 5.41) is 4.86. The molecule has 2 atom stereocenters. The smallest absolute Gasteiger partial charge is 0.282 e. The minimum Gasteiger partial charge on any atom is -0.366 e. The fraction of sp³-hybridized carbons (Fsp3) is 0.222. The second-order valence-corrected chi connectivity index (χ2v) is 5.61. The molecule has 2 aromatic rings. The molecule has 0 spiro atoms. The second-order valence-electron chi connectivity index (χ2n) is 5.61. The van der Waals surface area contributed by atoms with E-state index in [1.165, 1.54) is 5.56 Å². The number of carbonyl (C=O) groups is 2. The quantitative estimate of drug-likeness (QED) is 0.753. The van der Waals surface area contributed by atoms with Crippen molar-refractivity contribution >= 4 is 17.5 Å². The molecule has 0 aliphatic carbocycles. The molecule has 0 aromatic heterocycles. The van der Waals surface area contributed by atoms with Crippen molar-refractivity contribution in [3.63, 3.8) is 0 Å². The lowest BCUT2D eigenvalue weighted by Crippen LogP contribution is -2.91. The van der Waals surface area contributed by atoms with Crippen LogP contribution < -0.4 is 16.4 Å². The lowest BCUT2D eigenvalue weighted by atomic mass is 10.1. The van der Waals surface area contributed by atoms with Crippen LogP contribution >= 0.6 is 0 Å². The van der Waals surface area contributed by atoms with E-state index in [1.54, 1.807) is 24.3 Å². The molecule has 120 valence electrons. The number of primary amides is 1. The van der Waals surface area contributed by atoms with Gasteiger partial charge in [0.1, 0.15) is 6.04 Å². The van der Waals surface area contributed by atoms with Crippen LogP contribution in [0.3, 0.4) is 0 Å². The number of rotatable bonds is 6. The van der Waals surface area contributed by atoms with Gasteiger partial charge < -0.3 is 16.4 Å². The Balaban J connectivity index is 1.93. The minimum absolute atomic E-state index is 0.0837. The fourth-order valence-corrected chi connectivity index (χ4v) is 2.36. The first-order valence-corrected chi connectivity index (χ1v) is 7.58. The highest BCUT2D eigenvalue weighted by molar-refractivity contribution is 5.95. The highest BCUT2D eigenvalue weighted by atomic mass is 16.2. The number of hydrogen-bond donors (Lipinski definition) is 3. The summed E-state index contributed by atoms with van der Waals surface area (Å²) in [6.45, 7) is 3.94. The van der Waals surface area contributed by atoms with Crippen LogP contribution in [-0.2, 0) is 4.79 Å². The summed E-state index contributed by atoms with van der Waals surface area (Å²) in [5.74, 6) is -0.569. The third-order valence-electron chi connectivity index (χ3n) is 3.75. The van der Waals surface area contributed by atoms with E-state index in [4.69, 9.17) is 5.73 Å². The van der Waals surface area contributed by atoms with Crippen LogP contribution in [0.25, 0.3) is 0 Å². The molecule has 0 heterocycles. The highest BCUT2D eigenvalue weighted by Gasteiger charge is 2.20. The molecule has 5 nitrogen and oxygen atoms in total. The van der Waals surface area contributed by atoms with Crippen LogP contribution in [0.2, 0.25) is 0 Å². The summed E-state index contributed by atoms with van der Waals surface area (Å²) >= 11 is 0. The average Bonchev–Trinajstić information content (AvgIpc) is 2.56. The van der Waals surface area contributed by atoms with Gasteiger partial charge in [0.05, 0.1) is 0 Å². The van der Waals surface area contributed by atoms with Crippen LogP contribution in [0.4, 0.5) is 5.69 Å². The van der Waals surface area contributed by atoms with E-state index in [0.717, 1.165) is 0 Å². The standard InChI is InChI=1S/C18H21N3O2/c1-12(14-6-4-3-5-7-14)20-13(2)18(23)21-16-10-8-15(9-11-16)17(19)22/h3-13,20H,1-2H3,(H2,19,22)(H,21,23)/p+1/t12-,13+/m0/s1. The first-order valence-electron chi connectivity index (χ1n) is 7.58. The van der Waals surface area contributed by atoms with E-state index in [1.807, 2.05) is 42.6 Å². The molecule has 0 saturated heterocycles. The molecule has 5 heteroatoms. The Morgan fingerprint density at radius 1 is 1.00 bits per heavy atom. The van der Waals surface area contributed by atoms with Crippen molar-refractivity contribution in [1.29, 1.82) is 0 Å². The Morgan fingerprint density at radius 3 is 2.17 bits per heavy atom. The molecule has 0 aliphatic rings. The lowest BCUT2D eigenvalue weighted by molar-refractivity contribution is -0.709. The molecule has 0 saturated carbocycles. The van der Waals surface area contributed by atoms with Crippen molar-refractivity contribution in [2.24, 2.45) is 5.73 Å². The molecule has 0 unspecified atom stereocenters. The fourth-order valence-electron chi connectivity index (χ4n) is 2.36. The van der Waals surface area contributed by atoms with Crippen molar-refractivity contribution in [1.82, 2.24) is 0 Å². The number of hydrogen-bond acceptors (Lipinski definition) is 2. The van der Waals surface area contributed by atoms with Crippen LogP contribution in [0.5, 0.6) is 0 Å². The van der Waals surface area contributed by atoms with Crippen LogP contribution in [-0.4, -0.2) is 17.9 Å². The first-order chi connectivity index (χ1) is 11.0. The van der Waals surface area contributed by atoms with Gasteiger partial charge in [0.25, 0.3) is 5.91 Å². The topological polar surface area (TPSA) is 88.8 Å². The Bertz CT molecular complexity index is 668. The molecular weight excluding hydrogens is 290 g/mol. The zero-order chi connectivity index (χ0) is 16.8. The van der Waals surface area contributed by atoms with E-state index in [9.17, 15) is 9.59 Å². The molecule has 5 N–H and O–H groups in total. The SMILES string of the molecule is C[C@H]([NH2+][C@H](C)C(=O)Nc1ccc(C(N)=O)cc1)c1ccccc1. The van der Waals surface area contributed by atoms with Gasteiger partial charge in [0.15, 0.2) is 6.04 Å². The number of carbonyl (C=O) groups excluding carboxylic acids is 2. The Kier molecular flexibility index (Phi) is 5.49. The van der Waals surface area contributed by atoms with E-state index in [-0.39, 0.29) is 18.0 Å². The Labute approximate surface area is 135 Å². The number of benzene rings is 2. The summed E-state index contributed by atoms with van der Waals surface area (Å²) in [4.78, 5) is 23.3. The minimum atomic E-state index is -0.485. The molecule has 0 fully saturated rings. The number of nitrogens with two attached hydrogens (primary N) is 2. The third kappa shape index (κ3) is 4.66. The van der Waals surface area contributed by atoms with Gasteiger partial charge in [0.2, 0.25) is 5.91 Å². The van der Waals surface area contributed by atoms with Crippen molar-refractivity contribution in [3.8, 4) is 0 Å². The Hall–Kier alpha value is -2.66. The summed E-state index contributed by atoms with van der Waals surface area (Å²) in [5.41, 5.74) is 7.43. The van der Waals surface area contributed by atoms with Gasteiger partial charge in [-0.25, -0.2) is 0 Å². The molecule has 0 bridgehead atoms. The molecule has 0 aliphatic heterocycles. The van der Waals surface area contributed by atoms with Gasteiger partial charge in [-0.15, -0.1) is 0 Å². The van der Waals surface area contributed by atoms with Crippen molar-refractivity contribution in [3.05, 3.63) is 65.7 Å². The van der Waals surface area contributed by atoms with E-state index in [0.29, 0.717) is 11.3 Å². The van der Waals surface area contributed by atoms with Gasteiger partial charge in [-0.2, -0.15) is 0 Å². The van der Waals surface area contributed by atoms with E-state index < -0.39 is 5.91 Å². The molecular formula is C18H22N3O2+. The van der Waals surface area contributed by atoms with Gasteiger partial charge in [-0.3, -0.25) is 9.59 Å². The van der Waals surface area contributed by atoms with Crippen LogP contribution in [0.15, 0.2) is 54.6 Å². The summed E-state index contributed by atoms with van der Waals surface area (Å²) < 4.78 is 0. The second kappa shape index (κ2) is 7.56. The van der Waals surface area contributed by atoms with Crippen molar-refractivity contribution in [2.75, 3.05) is 5.32 Å². The Morgan fingerprint density at radius 2 is 1.61 bits per heavy atom. The summed E-state index contributed by atoms with van der Waals surface area (Å²) in [6, 6.07) is 16.5. The average molecular weight is 312 g/mol. The van der Waals surface area contributed by atoms with Gasteiger partial charge in [-0.1, -0.05) is 30.3 Å². The number of nitrogens with one attached hydrogen (secondary N) is 1. The van der Waals surface area contributed by atoms with Crippen LogP contribution in [0.1, 0.15) is 35.8 Å². The van der Waals surface area contributed by atoms with Crippen molar-refractivity contribution < 1.29 is 14.9 Å². The maximum absolute atomic E-state index is 12.3. The number of anilines is 1. The normalized spacial score (nSPS) is 13.1. The maximum atomic E-state index is 12.3. The number of amides is 2. The third-order valence-corrected chi connectivity index (χ3v) is 3.75. The number of quaternary nitrogens is 1.